The SMILES string of the molecule is CCCNC(C)(CO)CCOc1ccccc1OC. The van der Waals surface area contributed by atoms with Gasteiger partial charge in [-0.25, -0.2) is 0 Å². The van der Waals surface area contributed by atoms with Gasteiger partial charge in [-0.15, -0.1) is 0 Å². The molecule has 1 unspecified atom stereocenters. The molecule has 4 heteroatoms. The molecule has 0 amide bonds. The smallest absolute Gasteiger partial charge is 0.161 e. The summed E-state index contributed by atoms with van der Waals surface area (Å²) in [4.78, 5) is 0. The molecule has 0 aliphatic heterocycles. The van der Waals surface area contributed by atoms with Gasteiger partial charge < -0.3 is 19.9 Å². The molecule has 1 atom stereocenters. The zero-order chi connectivity index (χ0) is 14.1. The zero-order valence-corrected chi connectivity index (χ0v) is 12.1. The van der Waals surface area contributed by atoms with Crippen molar-refractivity contribution in [1.29, 1.82) is 0 Å². The van der Waals surface area contributed by atoms with Crippen LogP contribution in [0.25, 0.3) is 0 Å². The fraction of sp³-hybridized carbons (Fsp3) is 0.600. The number of nitrogens with one attached hydrogen (secondary N) is 1. The highest BCUT2D eigenvalue weighted by molar-refractivity contribution is 5.39. The molecule has 0 aliphatic rings. The van der Waals surface area contributed by atoms with Crippen molar-refractivity contribution in [2.24, 2.45) is 0 Å². The Hall–Kier alpha value is -1.26. The van der Waals surface area contributed by atoms with E-state index in [1.807, 2.05) is 31.2 Å². The molecule has 2 N–H and O–H groups in total. The lowest BCUT2D eigenvalue weighted by molar-refractivity contribution is 0.143. The Labute approximate surface area is 115 Å². The van der Waals surface area contributed by atoms with Crippen molar-refractivity contribution < 1.29 is 14.6 Å². The van der Waals surface area contributed by atoms with Crippen LogP contribution in [0, 0.1) is 0 Å². The van der Waals surface area contributed by atoms with Crippen molar-refractivity contribution in [3.8, 4) is 11.5 Å². The van der Waals surface area contributed by atoms with Gasteiger partial charge in [0.2, 0.25) is 0 Å². The van der Waals surface area contributed by atoms with Crippen LogP contribution >= 0.6 is 0 Å². The zero-order valence-electron chi connectivity index (χ0n) is 12.1. The van der Waals surface area contributed by atoms with Crippen LogP contribution in [0.2, 0.25) is 0 Å². The first-order chi connectivity index (χ1) is 9.15. The van der Waals surface area contributed by atoms with E-state index < -0.39 is 0 Å². The van der Waals surface area contributed by atoms with Crippen LogP contribution in [-0.4, -0.2) is 37.5 Å². The monoisotopic (exact) mass is 267 g/mol. The quantitative estimate of drug-likeness (QED) is 0.720. The normalized spacial score (nSPS) is 13.9. The Bertz CT molecular complexity index is 370. The highest BCUT2D eigenvalue weighted by atomic mass is 16.5. The highest BCUT2D eigenvalue weighted by Crippen LogP contribution is 2.26. The number of hydrogen-bond donors (Lipinski definition) is 2. The minimum Gasteiger partial charge on any atom is -0.493 e. The number of methoxy groups -OCH3 is 1. The fourth-order valence-corrected chi connectivity index (χ4v) is 1.77. The van der Waals surface area contributed by atoms with Crippen molar-refractivity contribution in [2.75, 3.05) is 26.9 Å². The summed E-state index contributed by atoms with van der Waals surface area (Å²) in [6.45, 7) is 5.65. The molecule has 1 rings (SSSR count). The number of aliphatic hydroxyl groups excluding tert-OH is 1. The summed E-state index contributed by atoms with van der Waals surface area (Å²) in [5, 5.41) is 12.8. The molecule has 0 heterocycles. The van der Waals surface area contributed by atoms with Crippen molar-refractivity contribution in [1.82, 2.24) is 5.32 Å². The number of hydrogen-bond acceptors (Lipinski definition) is 4. The topological polar surface area (TPSA) is 50.7 Å². The molecule has 0 aromatic heterocycles. The van der Waals surface area contributed by atoms with Gasteiger partial charge >= 0.3 is 0 Å². The van der Waals surface area contributed by atoms with Gasteiger partial charge in [-0.1, -0.05) is 19.1 Å². The van der Waals surface area contributed by atoms with E-state index >= 15 is 0 Å². The standard InChI is InChI=1S/C15H25NO3/c1-4-10-16-15(2,12-17)9-11-19-14-8-6-5-7-13(14)18-3/h5-8,16-17H,4,9-12H2,1-3H3. The lowest BCUT2D eigenvalue weighted by atomic mass is 9.99. The van der Waals surface area contributed by atoms with Crippen LogP contribution < -0.4 is 14.8 Å². The number of ether oxygens (including phenoxy) is 2. The number of para-hydroxylation sites is 2. The van der Waals surface area contributed by atoms with Gasteiger partial charge in [0.1, 0.15) is 0 Å². The first-order valence-corrected chi connectivity index (χ1v) is 6.77. The minimum absolute atomic E-state index is 0.0995. The maximum Gasteiger partial charge on any atom is 0.161 e. The van der Waals surface area contributed by atoms with Crippen LogP contribution in [0.1, 0.15) is 26.7 Å². The van der Waals surface area contributed by atoms with E-state index in [-0.39, 0.29) is 12.1 Å². The predicted molar refractivity (Wildman–Crippen MR) is 76.9 cm³/mol. The van der Waals surface area contributed by atoms with E-state index in [0.29, 0.717) is 6.61 Å². The molecule has 0 radical (unpaired) electrons. The molecule has 108 valence electrons. The van der Waals surface area contributed by atoms with Gasteiger partial charge in [0.15, 0.2) is 11.5 Å². The summed E-state index contributed by atoms with van der Waals surface area (Å²) >= 11 is 0. The first-order valence-electron chi connectivity index (χ1n) is 6.77. The number of aliphatic hydroxyl groups is 1. The lowest BCUT2D eigenvalue weighted by Gasteiger charge is -2.28. The molecule has 1 aromatic rings. The van der Waals surface area contributed by atoms with Gasteiger partial charge in [0.05, 0.1) is 20.3 Å². The summed E-state index contributed by atoms with van der Waals surface area (Å²) in [7, 11) is 1.63. The van der Waals surface area contributed by atoms with E-state index in [1.165, 1.54) is 0 Å². The molecule has 0 spiro atoms. The van der Waals surface area contributed by atoms with E-state index in [2.05, 4.69) is 12.2 Å². The summed E-state index contributed by atoms with van der Waals surface area (Å²) in [6, 6.07) is 7.58. The molecular weight excluding hydrogens is 242 g/mol. The molecule has 0 bridgehead atoms. The maximum atomic E-state index is 9.47. The number of rotatable bonds is 9. The Morgan fingerprint density at radius 3 is 2.53 bits per heavy atom. The van der Waals surface area contributed by atoms with Gasteiger partial charge in [-0.05, 0) is 32.0 Å². The second kappa shape index (κ2) is 8.02. The third kappa shape index (κ3) is 5.09. The van der Waals surface area contributed by atoms with Gasteiger partial charge in [0.25, 0.3) is 0 Å². The molecule has 4 nitrogen and oxygen atoms in total. The average Bonchev–Trinajstić information content (AvgIpc) is 2.45. The molecule has 0 saturated carbocycles. The summed E-state index contributed by atoms with van der Waals surface area (Å²) in [5.41, 5.74) is -0.294. The van der Waals surface area contributed by atoms with Crippen molar-refractivity contribution >= 4 is 0 Å². The molecule has 1 aromatic carbocycles. The first kappa shape index (κ1) is 15.8. The van der Waals surface area contributed by atoms with Gasteiger partial charge in [-0.3, -0.25) is 0 Å². The van der Waals surface area contributed by atoms with Crippen molar-refractivity contribution in [3.05, 3.63) is 24.3 Å². The van der Waals surface area contributed by atoms with Crippen LogP contribution in [0.3, 0.4) is 0 Å². The molecule has 0 saturated heterocycles. The van der Waals surface area contributed by atoms with Crippen LogP contribution in [0.15, 0.2) is 24.3 Å². The van der Waals surface area contributed by atoms with E-state index in [0.717, 1.165) is 30.9 Å². The van der Waals surface area contributed by atoms with Crippen LogP contribution in [0.4, 0.5) is 0 Å². The lowest BCUT2D eigenvalue weighted by Crippen LogP contribution is -2.47. The Kier molecular flexibility index (Phi) is 6.67. The van der Waals surface area contributed by atoms with E-state index in [4.69, 9.17) is 9.47 Å². The van der Waals surface area contributed by atoms with Gasteiger partial charge in [-0.2, -0.15) is 0 Å². The molecule has 0 fully saturated rings. The third-order valence-electron chi connectivity index (χ3n) is 3.13. The highest BCUT2D eigenvalue weighted by Gasteiger charge is 2.22. The van der Waals surface area contributed by atoms with Crippen LogP contribution in [0.5, 0.6) is 11.5 Å². The fourth-order valence-electron chi connectivity index (χ4n) is 1.77. The largest absolute Gasteiger partial charge is 0.493 e. The average molecular weight is 267 g/mol. The van der Waals surface area contributed by atoms with E-state index in [9.17, 15) is 5.11 Å². The molecule has 0 aliphatic carbocycles. The van der Waals surface area contributed by atoms with E-state index in [1.54, 1.807) is 7.11 Å². The Balaban J connectivity index is 2.47. The van der Waals surface area contributed by atoms with Crippen molar-refractivity contribution in [3.63, 3.8) is 0 Å². The predicted octanol–water partition coefficient (Wildman–Crippen LogP) is 2.21. The summed E-state index contributed by atoms with van der Waals surface area (Å²) < 4.78 is 11.0. The second-order valence-corrected chi connectivity index (χ2v) is 4.89. The maximum absolute atomic E-state index is 9.47. The van der Waals surface area contributed by atoms with Crippen molar-refractivity contribution in [2.45, 2.75) is 32.2 Å². The molecular formula is C15H25NO3. The second-order valence-electron chi connectivity index (χ2n) is 4.89. The van der Waals surface area contributed by atoms with Gasteiger partial charge in [0, 0.05) is 12.0 Å². The molecule has 19 heavy (non-hydrogen) atoms. The number of benzene rings is 1. The minimum atomic E-state index is -0.294. The summed E-state index contributed by atoms with van der Waals surface area (Å²) in [5.74, 6) is 1.47. The Morgan fingerprint density at radius 2 is 1.95 bits per heavy atom. The third-order valence-corrected chi connectivity index (χ3v) is 3.13. The Morgan fingerprint density at radius 1 is 1.26 bits per heavy atom. The van der Waals surface area contributed by atoms with Crippen LogP contribution in [-0.2, 0) is 0 Å². The summed E-state index contributed by atoms with van der Waals surface area (Å²) in [6.07, 6.45) is 1.78.